The number of ether oxygens (including phenoxy) is 2. The standard InChI is InChI=1S/C24H16Br2Cl2N2O3S/c1-32-19-9-14(16(26)11-20(19)33-12-13-5-7-15(25)8-6-13)10-21-23(31)30-24(34-21)29-18-4-2-3-17(27)22(18)28/h2-11H,12H2,1H3,(H,29,30,31)/b21-10+. The van der Waals surface area contributed by atoms with Crippen molar-refractivity contribution in [1.82, 2.24) is 5.32 Å². The van der Waals surface area contributed by atoms with Gasteiger partial charge in [-0.3, -0.25) is 4.79 Å². The molecule has 5 nitrogen and oxygen atoms in total. The van der Waals surface area contributed by atoms with E-state index in [4.69, 9.17) is 32.7 Å². The molecule has 0 aliphatic carbocycles. The smallest absolute Gasteiger partial charge is 0.264 e. The largest absolute Gasteiger partial charge is 0.493 e. The third-order valence-corrected chi connectivity index (χ3v) is 7.62. The van der Waals surface area contributed by atoms with E-state index in [1.807, 2.05) is 36.4 Å². The number of thioether (sulfide) groups is 1. The molecule has 1 fully saturated rings. The summed E-state index contributed by atoms with van der Waals surface area (Å²) in [5.41, 5.74) is 2.26. The molecular weight excluding hydrogens is 627 g/mol. The monoisotopic (exact) mass is 640 g/mol. The Morgan fingerprint density at radius 3 is 2.59 bits per heavy atom. The summed E-state index contributed by atoms with van der Waals surface area (Å²) in [6.45, 7) is 0.390. The third-order valence-electron chi connectivity index (χ3n) is 4.68. The lowest BCUT2D eigenvalue weighted by Gasteiger charge is -2.13. The highest BCUT2D eigenvalue weighted by atomic mass is 79.9. The minimum Gasteiger partial charge on any atom is -0.493 e. The summed E-state index contributed by atoms with van der Waals surface area (Å²) >= 11 is 20.5. The number of carbonyl (C=O) groups excluding carboxylic acids is 1. The van der Waals surface area contributed by atoms with Gasteiger partial charge in [0, 0.05) is 8.95 Å². The van der Waals surface area contributed by atoms with Crippen LogP contribution < -0.4 is 14.8 Å². The number of hydrogen-bond donors (Lipinski definition) is 1. The number of amides is 1. The molecule has 1 heterocycles. The van der Waals surface area contributed by atoms with E-state index in [1.54, 1.807) is 31.4 Å². The molecule has 0 saturated carbocycles. The van der Waals surface area contributed by atoms with Gasteiger partial charge in [0.05, 0.1) is 27.7 Å². The van der Waals surface area contributed by atoms with Crippen LogP contribution in [0.2, 0.25) is 10.0 Å². The van der Waals surface area contributed by atoms with Crippen molar-refractivity contribution < 1.29 is 14.3 Å². The second-order valence-corrected chi connectivity index (χ2v) is 10.6. The number of amidine groups is 1. The first-order chi connectivity index (χ1) is 16.3. The average Bonchev–Trinajstić information content (AvgIpc) is 3.16. The zero-order valence-corrected chi connectivity index (χ0v) is 23.1. The molecule has 0 aromatic heterocycles. The van der Waals surface area contributed by atoms with Crippen molar-refractivity contribution in [2.75, 3.05) is 7.11 Å². The van der Waals surface area contributed by atoms with Crippen LogP contribution in [-0.2, 0) is 11.4 Å². The van der Waals surface area contributed by atoms with Crippen molar-refractivity contribution in [2.24, 2.45) is 4.99 Å². The van der Waals surface area contributed by atoms with Gasteiger partial charge in [-0.1, -0.05) is 73.3 Å². The maximum Gasteiger partial charge on any atom is 0.264 e. The zero-order chi connectivity index (χ0) is 24.2. The Morgan fingerprint density at radius 2 is 1.85 bits per heavy atom. The molecule has 0 atom stereocenters. The molecule has 1 N–H and O–H groups in total. The van der Waals surface area contributed by atoms with Gasteiger partial charge in [0.25, 0.3) is 5.91 Å². The molecule has 3 aromatic carbocycles. The van der Waals surface area contributed by atoms with Crippen molar-refractivity contribution in [2.45, 2.75) is 6.61 Å². The van der Waals surface area contributed by atoms with E-state index in [1.165, 1.54) is 11.8 Å². The Bertz CT molecular complexity index is 1310. The van der Waals surface area contributed by atoms with E-state index in [0.29, 0.717) is 43.9 Å². The van der Waals surface area contributed by atoms with Crippen LogP contribution in [0.5, 0.6) is 11.5 Å². The third kappa shape index (κ3) is 5.98. The van der Waals surface area contributed by atoms with Gasteiger partial charge in [-0.05, 0) is 65.4 Å². The normalized spacial score (nSPS) is 15.6. The lowest BCUT2D eigenvalue weighted by atomic mass is 10.2. The van der Waals surface area contributed by atoms with Gasteiger partial charge in [0.1, 0.15) is 6.61 Å². The van der Waals surface area contributed by atoms with E-state index in [9.17, 15) is 4.79 Å². The predicted octanol–water partition coefficient (Wildman–Crippen LogP) is 8.00. The summed E-state index contributed by atoms with van der Waals surface area (Å²) < 4.78 is 13.3. The summed E-state index contributed by atoms with van der Waals surface area (Å²) in [7, 11) is 1.57. The number of rotatable bonds is 6. The van der Waals surface area contributed by atoms with Crippen LogP contribution in [0.4, 0.5) is 5.69 Å². The lowest BCUT2D eigenvalue weighted by Crippen LogP contribution is -2.19. The molecule has 1 amide bonds. The maximum atomic E-state index is 12.5. The van der Waals surface area contributed by atoms with Crippen molar-refractivity contribution >= 4 is 89.7 Å². The van der Waals surface area contributed by atoms with Gasteiger partial charge in [-0.25, -0.2) is 4.99 Å². The molecule has 3 aromatic rings. The molecule has 10 heteroatoms. The molecule has 1 aliphatic rings. The molecule has 0 spiro atoms. The number of nitrogens with zero attached hydrogens (tertiary/aromatic N) is 1. The van der Waals surface area contributed by atoms with Crippen molar-refractivity contribution in [3.8, 4) is 11.5 Å². The maximum absolute atomic E-state index is 12.5. The quantitative estimate of drug-likeness (QED) is 0.277. The van der Waals surface area contributed by atoms with E-state index < -0.39 is 0 Å². The Morgan fingerprint density at radius 1 is 1.09 bits per heavy atom. The second-order valence-electron chi connectivity index (χ2n) is 6.99. The van der Waals surface area contributed by atoms with Gasteiger partial charge < -0.3 is 14.8 Å². The van der Waals surface area contributed by atoms with Gasteiger partial charge in [-0.2, -0.15) is 0 Å². The van der Waals surface area contributed by atoms with Gasteiger partial charge in [-0.15, -0.1) is 0 Å². The van der Waals surface area contributed by atoms with Gasteiger partial charge in [0.15, 0.2) is 16.7 Å². The molecule has 1 aliphatic heterocycles. The molecule has 0 radical (unpaired) electrons. The first-order valence-corrected chi connectivity index (χ1v) is 13.0. The van der Waals surface area contributed by atoms with Crippen LogP contribution in [0, 0.1) is 0 Å². The number of aliphatic imine (C=N–C) groups is 1. The van der Waals surface area contributed by atoms with Crippen LogP contribution in [0.3, 0.4) is 0 Å². The van der Waals surface area contributed by atoms with Crippen LogP contribution >= 0.6 is 66.8 Å². The Balaban J connectivity index is 1.55. The predicted molar refractivity (Wildman–Crippen MR) is 146 cm³/mol. The topological polar surface area (TPSA) is 59.9 Å². The van der Waals surface area contributed by atoms with Crippen LogP contribution in [0.15, 0.2) is 73.4 Å². The number of benzene rings is 3. The Kier molecular flexibility index (Phi) is 8.26. The SMILES string of the molecule is COc1cc(/C=C2/SC(=Nc3cccc(Cl)c3Cl)NC2=O)c(Br)cc1OCc1ccc(Br)cc1. The molecule has 0 unspecified atom stereocenters. The molecular formula is C24H16Br2Cl2N2O3S. The van der Waals surface area contributed by atoms with Crippen LogP contribution in [-0.4, -0.2) is 18.2 Å². The highest BCUT2D eigenvalue weighted by Crippen LogP contribution is 2.38. The first kappa shape index (κ1) is 25.1. The van der Waals surface area contributed by atoms with Crippen molar-refractivity contribution in [3.05, 3.63) is 89.6 Å². The summed E-state index contributed by atoms with van der Waals surface area (Å²) in [4.78, 5) is 17.4. The first-order valence-electron chi connectivity index (χ1n) is 9.82. The van der Waals surface area contributed by atoms with Gasteiger partial charge >= 0.3 is 0 Å². The van der Waals surface area contributed by atoms with E-state index >= 15 is 0 Å². The molecule has 34 heavy (non-hydrogen) atoms. The highest BCUT2D eigenvalue weighted by molar-refractivity contribution is 9.10. The summed E-state index contributed by atoms with van der Waals surface area (Å²) in [6.07, 6.45) is 1.76. The number of carbonyl (C=O) groups is 1. The minimum atomic E-state index is -0.261. The fraction of sp³-hybridized carbons (Fsp3) is 0.0833. The van der Waals surface area contributed by atoms with Crippen molar-refractivity contribution in [1.29, 1.82) is 0 Å². The summed E-state index contributed by atoms with van der Waals surface area (Å²) in [5.74, 6) is 0.874. The number of nitrogens with one attached hydrogen (secondary N) is 1. The number of hydrogen-bond acceptors (Lipinski definition) is 5. The summed E-state index contributed by atoms with van der Waals surface area (Å²) in [5, 5.41) is 3.89. The van der Waals surface area contributed by atoms with Crippen LogP contribution in [0.1, 0.15) is 11.1 Å². The molecule has 1 saturated heterocycles. The lowest BCUT2D eigenvalue weighted by molar-refractivity contribution is -0.115. The van der Waals surface area contributed by atoms with Gasteiger partial charge in [0.2, 0.25) is 0 Å². The Labute approximate surface area is 227 Å². The minimum absolute atomic E-state index is 0.261. The molecule has 0 bridgehead atoms. The second kappa shape index (κ2) is 11.2. The van der Waals surface area contributed by atoms with Crippen molar-refractivity contribution in [3.63, 3.8) is 0 Å². The Hall–Kier alpha value is -1.97. The number of methoxy groups -OCH3 is 1. The fourth-order valence-electron chi connectivity index (χ4n) is 2.99. The fourth-order valence-corrected chi connectivity index (χ4v) is 4.85. The van der Waals surface area contributed by atoms with E-state index in [-0.39, 0.29) is 5.91 Å². The van der Waals surface area contributed by atoms with Crippen LogP contribution in [0.25, 0.3) is 6.08 Å². The zero-order valence-electron chi connectivity index (χ0n) is 17.6. The highest BCUT2D eigenvalue weighted by Gasteiger charge is 2.25. The number of halogens is 4. The molecule has 174 valence electrons. The molecule has 4 rings (SSSR count). The van der Waals surface area contributed by atoms with E-state index in [0.717, 1.165) is 20.1 Å². The van der Waals surface area contributed by atoms with E-state index in [2.05, 4.69) is 42.2 Å². The summed E-state index contributed by atoms with van der Waals surface area (Å²) in [6, 6.07) is 16.7. The average molecular weight is 643 g/mol.